The lowest BCUT2D eigenvalue weighted by Crippen LogP contribution is -3.00. The minimum atomic E-state index is 0. The summed E-state index contributed by atoms with van der Waals surface area (Å²) in [6.07, 6.45) is 0. The van der Waals surface area contributed by atoms with Gasteiger partial charge in [-0.1, -0.05) is 0 Å². The van der Waals surface area contributed by atoms with Gasteiger partial charge in [-0.05, 0) is 41.9 Å². The third kappa shape index (κ3) is 3.05. The average molecular weight is 425 g/mol. The number of para-hydroxylation sites is 1. The third-order valence-corrected chi connectivity index (χ3v) is 4.48. The number of anilines is 2. The summed E-state index contributed by atoms with van der Waals surface area (Å²) in [5, 5.41) is 9.42. The Bertz CT molecular complexity index is 857. The maximum Gasteiger partial charge on any atom is 0.318 e. The Balaban J connectivity index is 0.00000176. The highest BCUT2D eigenvalue weighted by Crippen LogP contribution is 2.34. The zero-order valence-corrected chi connectivity index (χ0v) is 15.2. The first-order valence-electron chi connectivity index (χ1n) is 6.51. The lowest BCUT2D eigenvalue weighted by molar-refractivity contribution is -0.00000432. The van der Waals surface area contributed by atoms with Crippen molar-refractivity contribution in [2.24, 2.45) is 17.3 Å². The van der Waals surface area contributed by atoms with Crippen LogP contribution < -0.4 is 35.4 Å². The quantitative estimate of drug-likeness (QED) is 0.282. The molecule has 0 bridgehead atoms. The number of hydrogen-bond acceptors (Lipinski definition) is 5. The summed E-state index contributed by atoms with van der Waals surface area (Å²) in [6.45, 7) is 1.92. The molecule has 22 heavy (non-hydrogen) atoms. The smallest absolute Gasteiger partial charge is 0.318 e. The second-order valence-electron chi connectivity index (χ2n) is 4.88. The van der Waals surface area contributed by atoms with Crippen LogP contribution in [0.25, 0.3) is 10.2 Å². The maximum absolute atomic E-state index is 5.93. The van der Waals surface area contributed by atoms with Crippen LogP contribution in [0.5, 0.6) is 0 Å². The van der Waals surface area contributed by atoms with Gasteiger partial charge >= 0.3 is 5.13 Å². The SMILES string of the molecule is Cc1cc(N=N[c+]2sc3ccccc3n2C)c(N)cc1N.[I-]. The molecule has 0 atom stereocenters. The van der Waals surface area contributed by atoms with Crippen LogP contribution >= 0.6 is 11.3 Å². The lowest BCUT2D eigenvalue weighted by atomic mass is 10.1. The van der Waals surface area contributed by atoms with E-state index in [0.717, 1.165) is 16.2 Å². The first-order chi connectivity index (χ1) is 10.1. The van der Waals surface area contributed by atoms with Gasteiger partial charge in [0, 0.05) is 24.9 Å². The predicted octanol–water partition coefficient (Wildman–Crippen LogP) is 1.41. The molecule has 0 aliphatic rings. The van der Waals surface area contributed by atoms with Crippen LogP contribution in [-0.4, -0.2) is 4.57 Å². The van der Waals surface area contributed by atoms with Gasteiger partial charge in [0.05, 0.1) is 17.0 Å². The molecule has 0 amide bonds. The molecule has 0 fully saturated rings. The summed E-state index contributed by atoms with van der Waals surface area (Å²) in [4.78, 5) is 0. The van der Waals surface area contributed by atoms with Gasteiger partial charge in [0.25, 0.3) is 0 Å². The molecule has 0 aliphatic heterocycles. The summed E-state index contributed by atoms with van der Waals surface area (Å²) in [5.41, 5.74) is 15.7. The largest absolute Gasteiger partial charge is 1.00 e. The Kier molecular flexibility index (Phi) is 4.97. The van der Waals surface area contributed by atoms with Crippen LogP contribution in [0.15, 0.2) is 46.6 Å². The first-order valence-corrected chi connectivity index (χ1v) is 7.33. The second kappa shape index (κ2) is 6.57. The van der Waals surface area contributed by atoms with E-state index in [0.29, 0.717) is 17.1 Å². The Morgan fingerprint density at radius 3 is 2.59 bits per heavy atom. The normalized spacial score (nSPS) is 11.0. The minimum Gasteiger partial charge on any atom is -1.00 e. The topological polar surface area (TPSA) is 81.7 Å². The first kappa shape index (κ1) is 16.6. The molecule has 7 heteroatoms. The van der Waals surface area contributed by atoms with Gasteiger partial charge < -0.3 is 35.4 Å². The van der Waals surface area contributed by atoms with Gasteiger partial charge in [0.15, 0.2) is 0 Å². The van der Waals surface area contributed by atoms with Gasteiger partial charge in [-0.15, -0.1) is 5.11 Å². The van der Waals surface area contributed by atoms with Gasteiger partial charge in [-0.3, -0.25) is 0 Å². The Morgan fingerprint density at radius 1 is 1.14 bits per heavy atom. The molecule has 0 unspecified atom stereocenters. The number of aromatic nitrogens is 1. The fourth-order valence-corrected chi connectivity index (χ4v) is 3.06. The van der Waals surface area contributed by atoms with E-state index >= 15 is 0 Å². The fourth-order valence-electron chi connectivity index (χ4n) is 2.09. The molecule has 0 saturated heterocycles. The van der Waals surface area contributed by atoms with Crippen molar-refractivity contribution in [3.8, 4) is 0 Å². The summed E-state index contributed by atoms with van der Waals surface area (Å²) in [7, 11) is 1.98. The van der Waals surface area contributed by atoms with E-state index in [1.54, 1.807) is 17.4 Å². The molecule has 0 radical (unpaired) electrons. The van der Waals surface area contributed by atoms with Crippen molar-refractivity contribution in [1.29, 1.82) is 0 Å². The van der Waals surface area contributed by atoms with Crippen molar-refractivity contribution in [1.82, 2.24) is 4.57 Å². The monoisotopic (exact) mass is 425 g/mol. The molecule has 0 aliphatic carbocycles. The van der Waals surface area contributed by atoms with Crippen LogP contribution in [0.3, 0.4) is 0 Å². The molecule has 2 aromatic carbocycles. The fraction of sp³-hybridized carbons (Fsp3) is 0.133. The molecule has 3 aromatic rings. The Hall–Kier alpha value is -1.74. The van der Waals surface area contributed by atoms with Gasteiger partial charge in [-0.25, -0.2) is 4.57 Å². The summed E-state index contributed by atoms with van der Waals surface area (Å²) < 4.78 is 3.19. The minimum absolute atomic E-state index is 0. The Morgan fingerprint density at radius 2 is 1.86 bits per heavy atom. The summed E-state index contributed by atoms with van der Waals surface area (Å²) in [6, 6.07) is 11.7. The van der Waals surface area contributed by atoms with E-state index in [9.17, 15) is 0 Å². The molecule has 0 saturated carbocycles. The molecule has 5 nitrogen and oxygen atoms in total. The van der Waals surface area contributed by atoms with Crippen LogP contribution in [0, 0.1) is 6.92 Å². The number of fused-ring (bicyclic) bond motifs is 1. The molecular weight excluding hydrogens is 409 g/mol. The van der Waals surface area contributed by atoms with Gasteiger partial charge in [-0.2, -0.15) is 0 Å². The van der Waals surface area contributed by atoms with Crippen LogP contribution in [0.1, 0.15) is 5.56 Å². The number of thiazole rings is 1. The van der Waals surface area contributed by atoms with E-state index in [4.69, 9.17) is 11.5 Å². The maximum atomic E-state index is 5.93. The van der Waals surface area contributed by atoms with Crippen molar-refractivity contribution in [2.75, 3.05) is 11.5 Å². The van der Waals surface area contributed by atoms with E-state index in [2.05, 4.69) is 22.4 Å². The summed E-state index contributed by atoms with van der Waals surface area (Å²) >= 11 is 1.59. The molecule has 4 N–H and O–H groups in total. The molecule has 1 aromatic heterocycles. The number of nitrogens with zero attached hydrogens (tertiary/aromatic N) is 3. The average Bonchev–Trinajstić information content (AvgIpc) is 2.79. The second-order valence-corrected chi connectivity index (χ2v) is 5.89. The van der Waals surface area contributed by atoms with Crippen molar-refractivity contribution in [3.05, 3.63) is 42.0 Å². The predicted molar refractivity (Wildman–Crippen MR) is 89.4 cm³/mol. The van der Waals surface area contributed by atoms with Crippen molar-refractivity contribution >= 4 is 43.7 Å². The van der Waals surface area contributed by atoms with Gasteiger partial charge in [0.2, 0.25) is 10.2 Å². The zero-order valence-electron chi connectivity index (χ0n) is 12.2. The van der Waals surface area contributed by atoms with Gasteiger partial charge in [0.1, 0.15) is 5.69 Å². The Labute approximate surface area is 149 Å². The van der Waals surface area contributed by atoms with Crippen LogP contribution in [0.2, 0.25) is 0 Å². The van der Waals surface area contributed by atoms with Crippen LogP contribution in [-0.2, 0) is 7.05 Å². The molecule has 114 valence electrons. The van der Waals surface area contributed by atoms with Crippen LogP contribution in [0.4, 0.5) is 22.2 Å². The number of nitrogen functional groups attached to an aromatic ring is 2. The molecular formula is C15H16IN5S. The number of benzene rings is 2. The standard InChI is InChI=1S/C15H16N5S.HI/c1-9-7-12(11(17)8-10(9)16)18-19-15-20(2)13-5-3-4-6-14(13)21-15;/h3-8H,16-17H2,1-2H3;1H/q+1;/p-1. The number of hydrogen-bond donors (Lipinski definition) is 2. The summed E-state index contributed by atoms with van der Waals surface area (Å²) in [5.74, 6) is 0. The highest BCUT2D eigenvalue weighted by molar-refractivity contribution is 7.22. The zero-order chi connectivity index (χ0) is 15.0. The molecule has 3 rings (SSSR count). The highest BCUT2D eigenvalue weighted by atomic mass is 127. The number of nitrogens with two attached hydrogens (primary N) is 2. The number of aryl methyl sites for hydroxylation is 2. The number of halogens is 1. The van der Waals surface area contributed by atoms with Crippen molar-refractivity contribution < 1.29 is 24.0 Å². The van der Waals surface area contributed by atoms with E-state index < -0.39 is 0 Å². The van der Waals surface area contributed by atoms with E-state index in [1.807, 2.05) is 36.7 Å². The molecule has 0 spiro atoms. The van der Waals surface area contributed by atoms with E-state index in [-0.39, 0.29) is 24.0 Å². The van der Waals surface area contributed by atoms with Crippen molar-refractivity contribution in [3.63, 3.8) is 0 Å². The van der Waals surface area contributed by atoms with E-state index in [1.165, 1.54) is 4.70 Å². The lowest BCUT2D eigenvalue weighted by Gasteiger charge is -2.03. The highest BCUT2D eigenvalue weighted by Gasteiger charge is 2.16. The van der Waals surface area contributed by atoms with Crippen molar-refractivity contribution in [2.45, 2.75) is 6.92 Å². The third-order valence-electron chi connectivity index (χ3n) is 3.37. The number of rotatable bonds is 2. The molecule has 1 heterocycles. The number of azo groups is 1.